The van der Waals surface area contributed by atoms with Crippen LogP contribution in [0.5, 0.6) is 0 Å². The molecule has 2 aromatic rings. The summed E-state index contributed by atoms with van der Waals surface area (Å²) >= 11 is 1.82. The number of nitro groups is 1. The number of hydrogen-bond acceptors (Lipinski definition) is 8. The topological polar surface area (TPSA) is 130 Å². The number of nitrogens with zero attached hydrogens (tertiary/aromatic N) is 2. The average Bonchev–Trinajstić information content (AvgIpc) is 3.02. The number of anilines is 1. The van der Waals surface area contributed by atoms with E-state index in [0.717, 1.165) is 27.8 Å². The summed E-state index contributed by atoms with van der Waals surface area (Å²) < 4.78 is 0. The summed E-state index contributed by atoms with van der Waals surface area (Å²) in [6.07, 6.45) is 1.39. The Balaban J connectivity index is 1.73. The number of nitrogens with one attached hydrogen (secondary N) is 1. The van der Waals surface area contributed by atoms with Crippen LogP contribution in [-0.2, 0) is 9.59 Å². The molecule has 1 aliphatic rings. The molecular formula is C22H21N3O6S2. The van der Waals surface area contributed by atoms with Crippen molar-refractivity contribution >= 4 is 58.0 Å². The lowest BCUT2D eigenvalue weighted by atomic mass is 10.1. The number of aryl methyl sites for hydroxylation is 2. The molecule has 0 aliphatic carbocycles. The molecule has 33 heavy (non-hydrogen) atoms. The van der Waals surface area contributed by atoms with Gasteiger partial charge in [0.05, 0.1) is 21.3 Å². The van der Waals surface area contributed by atoms with Gasteiger partial charge in [0.15, 0.2) is 0 Å². The molecule has 3 amide bonds. The lowest BCUT2D eigenvalue weighted by Gasteiger charge is -2.13. The highest BCUT2D eigenvalue weighted by molar-refractivity contribution is 8.18. The van der Waals surface area contributed by atoms with E-state index in [4.69, 9.17) is 5.11 Å². The van der Waals surface area contributed by atoms with Crippen molar-refractivity contribution in [2.75, 3.05) is 24.2 Å². The monoisotopic (exact) mass is 487 g/mol. The Kier molecular flexibility index (Phi) is 7.90. The van der Waals surface area contributed by atoms with Crippen molar-refractivity contribution in [3.05, 3.63) is 68.1 Å². The number of benzene rings is 2. The number of aliphatic hydroxyl groups is 1. The molecule has 2 aromatic carbocycles. The van der Waals surface area contributed by atoms with E-state index >= 15 is 0 Å². The maximum absolute atomic E-state index is 12.7. The normalized spacial score (nSPS) is 14.8. The zero-order valence-electron chi connectivity index (χ0n) is 17.9. The number of thioether (sulfide) groups is 2. The molecule has 0 radical (unpaired) electrons. The zero-order chi connectivity index (χ0) is 24.1. The first-order chi connectivity index (χ1) is 15.7. The molecule has 11 heteroatoms. The molecule has 0 bridgehead atoms. The van der Waals surface area contributed by atoms with Crippen LogP contribution >= 0.6 is 23.5 Å². The fraction of sp³-hybridized carbons (Fsp3) is 0.227. The van der Waals surface area contributed by atoms with Crippen molar-refractivity contribution in [2.24, 2.45) is 0 Å². The van der Waals surface area contributed by atoms with Crippen LogP contribution in [0.25, 0.3) is 6.08 Å². The van der Waals surface area contributed by atoms with Gasteiger partial charge in [0.25, 0.3) is 16.8 Å². The fourth-order valence-corrected chi connectivity index (χ4v) is 4.59. The van der Waals surface area contributed by atoms with Gasteiger partial charge in [-0.2, -0.15) is 0 Å². The van der Waals surface area contributed by atoms with E-state index < -0.39 is 28.5 Å². The standard InChI is InChI=1S/C22H21N3O6S2/c1-13-3-5-16(9-14(13)2)23-20(27)12-24-21(28)19(33-22(24)29)11-15-4-6-18(32-8-7-26)17(10-15)25(30)31/h3-6,9-11,26H,7-8,12H2,1-2H3,(H,23,27)/b19-11-. The second kappa shape index (κ2) is 10.6. The summed E-state index contributed by atoms with van der Waals surface area (Å²) in [4.78, 5) is 49.6. The van der Waals surface area contributed by atoms with E-state index in [1.54, 1.807) is 18.2 Å². The van der Waals surface area contributed by atoms with Crippen LogP contribution in [0.3, 0.4) is 0 Å². The van der Waals surface area contributed by atoms with Gasteiger partial charge in [0, 0.05) is 17.5 Å². The van der Waals surface area contributed by atoms with Crippen LogP contribution in [0, 0.1) is 24.0 Å². The third kappa shape index (κ3) is 6.01. The molecule has 2 N–H and O–H groups in total. The second-order valence-electron chi connectivity index (χ2n) is 7.17. The van der Waals surface area contributed by atoms with Crippen molar-refractivity contribution < 1.29 is 24.4 Å². The maximum atomic E-state index is 12.7. The van der Waals surface area contributed by atoms with Crippen molar-refractivity contribution in [3.63, 3.8) is 0 Å². The Bertz CT molecular complexity index is 1160. The van der Waals surface area contributed by atoms with Crippen LogP contribution in [0.4, 0.5) is 16.2 Å². The van der Waals surface area contributed by atoms with E-state index in [-0.39, 0.29) is 17.2 Å². The number of hydrogen-bond donors (Lipinski definition) is 2. The minimum atomic E-state index is -0.637. The van der Waals surface area contributed by atoms with Gasteiger partial charge in [-0.15, -0.1) is 11.8 Å². The zero-order valence-corrected chi connectivity index (χ0v) is 19.5. The smallest absolute Gasteiger partial charge is 0.294 e. The molecule has 1 fully saturated rings. The molecule has 172 valence electrons. The lowest BCUT2D eigenvalue weighted by molar-refractivity contribution is -0.387. The molecule has 1 heterocycles. The first-order valence-corrected chi connectivity index (χ1v) is 11.6. The largest absolute Gasteiger partial charge is 0.396 e. The highest BCUT2D eigenvalue weighted by Crippen LogP contribution is 2.35. The summed E-state index contributed by atoms with van der Waals surface area (Å²) in [5.74, 6) is -0.840. The van der Waals surface area contributed by atoms with Crippen LogP contribution in [0.2, 0.25) is 0 Å². The van der Waals surface area contributed by atoms with Gasteiger partial charge >= 0.3 is 0 Å². The summed E-state index contributed by atoms with van der Waals surface area (Å²) in [7, 11) is 0. The van der Waals surface area contributed by atoms with Gasteiger partial charge in [-0.05, 0) is 66.6 Å². The molecule has 0 atom stereocenters. The number of aliphatic hydroxyl groups excluding tert-OH is 1. The molecule has 1 aliphatic heterocycles. The van der Waals surface area contributed by atoms with Crippen LogP contribution in [0.1, 0.15) is 16.7 Å². The van der Waals surface area contributed by atoms with E-state index in [9.17, 15) is 24.5 Å². The third-order valence-electron chi connectivity index (χ3n) is 4.79. The Morgan fingerprint density at radius 3 is 2.64 bits per heavy atom. The summed E-state index contributed by atoms with van der Waals surface area (Å²) in [6, 6.07) is 9.83. The van der Waals surface area contributed by atoms with Crippen molar-refractivity contribution in [1.82, 2.24) is 4.90 Å². The number of carbonyl (C=O) groups is 3. The highest BCUT2D eigenvalue weighted by Gasteiger charge is 2.36. The molecule has 0 spiro atoms. The SMILES string of the molecule is Cc1ccc(NC(=O)CN2C(=O)S/C(=C\c3ccc(SCCO)c([N+](=O)[O-])c3)C2=O)cc1C. The van der Waals surface area contributed by atoms with Gasteiger partial charge in [0.1, 0.15) is 6.54 Å². The summed E-state index contributed by atoms with van der Waals surface area (Å²) in [5.41, 5.74) is 2.85. The first kappa shape index (κ1) is 24.5. The van der Waals surface area contributed by atoms with Gasteiger partial charge in [-0.1, -0.05) is 12.1 Å². The highest BCUT2D eigenvalue weighted by atomic mass is 32.2. The van der Waals surface area contributed by atoms with Gasteiger partial charge < -0.3 is 10.4 Å². The van der Waals surface area contributed by atoms with Gasteiger partial charge in [-0.3, -0.25) is 29.4 Å². The second-order valence-corrected chi connectivity index (χ2v) is 9.30. The molecular weight excluding hydrogens is 466 g/mol. The van der Waals surface area contributed by atoms with Gasteiger partial charge in [-0.25, -0.2) is 0 Å². The summed E-state index contributed by atoms with van der Waals surface area (Å²) in [5, 5.41) is 22.4. The number of amides is 3. The van der Waals surface area contributed by atoms with Gasteiger partial charge in [0.2, 0.25) is 5.91 Å². The molecule has 0 unspecified atom stereocenters. The van der Waals surface area contributed by atoms with Crippen molar-refractivity contribution in [2.45, 2.75) is 18.7 Å². The minimum absolute atomic E-state index is 0.0732. The Labute approximate surface area is 198 Å². The Morgan fingerprint density at radius 2 is 1.97 bits per heavy atom. The maximum Gasteiger partial charge on any atom is 0.294 e. The molecule has 3 rings (SSSR count). The number of nitro benzene ring substituents is 1. The molecule has 0 aromatic heterocycles. The van der Waals surface area contributed by atoms with E-state index in [1.807, 2.05) is 19.9 Å². The fourth-order valence-electron chi connectivity index (χ4n) is 3.00. The molecule has 0 saturated carbocycles. The number of imide groups is 1. The van der Waals surface area contributed by atoms with E-state index in [2.05, 4.69) is 5.32 Å². The van der Waals surface area contributed by atoms with Crippen LogP contribution in [0.15, 0.2) is 46.2 Å². The van der Waals surface area contributed by atoms with Crippen molar-refractivity contribution in [3.8, 4) is 0 Å². The predicted molar refractivity (Wildman–Crippen MR) is 128 cm³/mol. The van der Waals surface area contributed by atoms with Crippen LogP contribution in [-0.4, -0.2) is 50.9 Å². The van der Waals surface area contributed by atoms with Crippen molar-refractivity contribution in [1.29, 1.82) is 0 Å². The number of rotatable bonds is 8. The Morgan fingerprint density at radius 1 is 1.21 bits per heavy atom. The van der Waals surface area contributed by atoms with Crippen LogP contribution < -0.4 is 5.32 Å². The predicted octanol–water partition coefficient (Wildman–Crippen LogP) is 3.97. The third-order valence-corrected chi connectivity index (χ3v) is 6.74. The first-order valence-electron chi connectivity index (χ1n) is 9.84. The quantitative estimate of drug-likeness (QED) is 0.248. The van der Waals surface area contributed by atoms with E-state index in [1.165, 1.54) is 18.2 Å². The lowest BCUT2D eigenvalue weighted by Crippen LogP contribution is -2.36. The molecule has 9 nitrogen and oxygen atoms in total. The average molecular weight is 488 g/mol. The number of carbonyl (C=O) groups excluding carboxylic acids is 3. The minimum Gasteiger partial charge on any atom is -0.396 e. The Hall–Kier alpha value is -3.15. The van der Waals surface area contributed by atoms with E-state index in [0.29, 0.717) is 33.7 Å². The molecule has 1 saturated heterocycles. The summed E-state index contributed by atoms with van der Waals surface area (Å²) in [6.45, 7) is 3.30.